The van der Waals surface area contributed by atoms with E-state index in [2.05, 4.69) is 15.9 Å². The van der Waals surface area contributed by atoms with Gasteiger partial charge in [-0.25, -0.2) is 4.39 Å². The van der Waals surface area contributed by atoms with E-state index in [9.17, 15) is 9.50 Å². The molecule has 0 spiro atoms. The first-order valence-electron chi connectivity index (χ1n) is 5.84. The normalized spacial score (nSPS) is 10.1. The number of nitrogens with zero attached hydrogens (tertiary/aromatic N) is 1. The van der Waals surface area contributed by atoms with E-state index in [4.69, 9.17) is 10.00 Å². The van der Waals surface area contributed by atoms with E-state index in [1.54, 1.807) is 18.2 Å². The number of rotatable bonds is 4. The first-order chi connectivity index (χ1) is 9.63. The lowest BCUT2D eigenvalue weighted by atomic mass is 10.1. The minimum Gasteiger partial charge on any atom is -0.488 e. The second-order valence-electron chi connectivity index (χ2n) is 4.12. The summed E-state index contributed by atoms with van der Waals surface area (Å²) in [5.74, 6) is 0.0196. The van der Waals surface area contributed by atoms with Gasteiger partial charge >= 0.3 is 0 Å². The van der Waals surface area contributed by atoms with Gasteiger partial charge in [0.25, 0.3) is 0 Å². The molecule has 0 aromatic heterocycles. The van der Waals surface area contributed by atoms with Crippen molar-refractivity contribution in [3.63, 3.8) is 0 Å². The van der Waals surface area contributed by atoms with Crippen molar-refractivity contribution in [2.45, 2.75) is 13.2 Å². The molecule has 2 rings (SSSR count). The number of aliphatic hydroxyl groups is 1. The Balaban J connectivity index is 2.15. The van der Waals surface area contributed by atoms with Crippen LogP contribution in [0.3, 0.4) is 0 Å². The van der Waals surface area contributed by atoms with E-state index in [0.29, 0.717) is 16.9 Å². The van der Waals surface area contributed by atoms with Crippen LogP contribution in [0.5, 0.6) is 5.75 Å². The molecule has 2 aromatic rings. The van der Waals surface area contributed by atoms with Gasteiger partial charge in [0.15, 0.2) is 0 Å². The highest BCUT2D eigenvalue weighted by atomic mass is 79.9. The van der Waals surface area contributed by atoms with Crippen molar-refractivity contribution >= 4 is 15.9 Å². The molecule has 0 aliphatic heterocycles. The van der Waals surface area contributed by atoms with Gasteiger partial charge in [0.1, 0.15) is 18.2 Å². The van der Waals surface area contributed by atoms with Crippen molar-refractivity contribution in [2.24, 2.45) is 0 Å². The standard InChI is InChI=1S/C15H11BrFNO2/c16-13-3-4-15(12(6-13)8-19)20-9-11-2-1-10(7-18)5-14(11)17/h1-6,19H,8-9H2. The summed E-state index contributed by atoms with van der Waals surface area (Å²) < 4.78 is 20.0. The Morgan fingerprint density at radius 3 is 2.65 bits per heavy atom. The van der Waals surface area contributed by atoms with Crippen LogP contribution in [0.25, 0.3) is 0 Å². The summed E-state index contributed by atoms with van der Waals surface area (Å²) in [6.07, 6.45) is 0. The highest BCUT2D eigenvalue weighted by molar-refractivity contribution is 9.10. The van der Waals surface area contributed by atoms with E-state index in [1.807, 2.05) is 6.07 Å². The Labute approximate surface area is 124 Å². The average Bonchev–Trinajstić information content (AvgIpc) is 2.46. The lowest BCUT2D eigenvalue weighted by Gasteiger charge is -2.11. The summed E-state index contributed by atoms with van der Waals surface area (Å²) in [4.78, 5) is 0. The Hall–Kier alpha value is -1.90. The van der Waals surface area contributed by atoms with Gasteiger partial charge in [0.2, 0.25) is 0 Å². The number of ether oxygens (including phenoxy) is 1. The SMILES string of the molecule is N#Cc1ccc(COc2ccc(Br)cc2CO)c(F)c1. The van der Waals surface area contributed by atoms with Gasteiger partial charge in [-0.15, -0.1) is 0 Å². The van der Waals surface area contributed by atoms with Crippen LogP contribution < -0.4 is 4.74 Å². The Bertz CT molecular complexity index is 667. The molecule has 102 valence electrons. The minimum atomic E-state index is -0.480. The maximum Gasteiger partial charge on any atom is 0.131 e. The molecule has 1 N–H and O–H groups in total. The average molecular weight is 336 g/mol. The Morgan fingerprint density at radius 2 is 2.00 bits per heavy atom. The minimum absolute atomic E-state index is 0.0339. The summed E-state index contributed by atoms with van der Waals surface area (Å²) in [6, 6.07) is 11.3. The second-order valence-corrected chi connectivity index (χ2v) is 5.03. The van der Waals surface area contributed by atoms with Crippen LogP contribution >= 0.6 is 15.9 Å². The fourth-order valence-corrected chi connectivity index (χ4v) is 2.11. The van der Waals surface area contributed by atoms with Crippen LogP contribution in [-0.2, 0) is 13.2 Å². The molecule has 20 heavy (non-hydrogen) atoms. The van der Waals surface area contributed by atoms with Crippen molar-refractivity contribution in [3.05, 3.63) is 63.4 Å². The van der Waals surface area contributed by atoms with Gasteiger partial charge in [-0.3, -0.25) is 0 Å². The zero-order chi connectivity index (χ0) is 14.5. The zero-order valence-corrected chi connectivity index (χ0v) is 12.0. The van der Waals surface area contributed by atoms with E-state index in [-0.39, 0.29) is 18.8 Å². The van der Waals surface area contributed by atoms with E-state index < -0.39 is 5.82 Å². The summed E-state index contributed by atoms with van der Waals surface area (Å²) in [7, 11) is 0. The van der Waals surface area contributed by atoms with Crippen molar-refractivity contribution in [1.82, 2.24) is 0 Å². The lowest BCUT2D eigenvalue weighted by molar-refractivity contribution is 0.257. The van der Waals surface area contributed by atoms with Crippen LogP contribution in [0.4, 0.5) is 4.39 Å². The first kappa shape index (κ1) is 14.5. The van der Waals surface area contributed by atoms with Gasteiger partial charge in [0.05, 0.1) is 18.2 Å². The summed E-state index contributed by atoms with van der Waals surface area (Å²) in [6.45, 7) is -0.128. The molecule has 0 aliphatic rings. The van der Waals surface area contributed by atoms with Gasteiger partial charge in [0, 0.05) is 15.6 Å². The number of halogens is 2. The van der Waals surface area contributed by atoms with Gasteiger partial charge in [-0.1, -0.05) is 22.0 Å². The van der Waals surface area contributed by atoms with Gasteiger partial charge in [-0.2, -0.15) is 5.26 Å². The molecule has 0 saturated carbocycles. The Kier molecular flexibility index (Phi) is 4.72. The molecule has 0 unspecified atom stereocenters. The van der Waals surface area contributed by atoms with Gasteiger partial charge < -0.3 is 9.84 Å². The topological polar surface area (TPSA) is 53.2 Å². The zero-order valence-electron chi connectivity index (χ0n) is 10.4. The smallest absolute Gasteiger partial charge is 0.131 e. The number of nitriles is 1. The van der Waals surface area contributed by atoms with E-state index >= 15 is 0 Å². The van der Waals surface area contributed by atoms with Crippen LogP contribution in [0.2, 0.25) is 0 Å². The third-order valence-electron chi connectivity index (χ3n) is 2.76. The van der Waals surface area contributed by atoms with Crippen LogP contribution in [-0.4, -0.2) is 5.11 Å². The molecule has 2 aromatic carbocycles. The molecule has 0 aliphatic carbocycles. The molecule has 0 radical (unpaired) electrons. The Morgan fingerprint density at radius 1 is 1.20 bits per heavy atom. The van der Waals surface area contributed by atoms with E-state index in [0.717, 1.165) is 4.47 Å². The third-order valence-corrected chi connectivity index (χ3v) is 3.25. The molecule has 0 fully saturated rings. The highest BCUT2D eigenvalue weighted by Gasteiger charge is 2.07. The summed E-state index contributed by atoms with van der Waals surface area (Å²) in [5.41, 5.74) is 1.25. The first-order valence-corrected chi connectivity index (χ1v) is 6.64. The molecule has 0 amide bonds. The maximum absolute atomic E-state index is 13.7. The largest absolute Gasteiger partial charge is 0.488 e. The quantitative estimate of drug-likeness (QED) is 0.929. The molecule has 0 heterocycles. The van der Waals surface area contributed by atoms with E-state index in [1.165, 1.54) is 18.2 Å². The number of aliphatic hydroxyl groups excluding tert-OH is 1. The predicted octanol–water partition coefficient (Wildman–Crippen LogP) is 3.53. The highest BCUT2D eigenvalue weighted by Crippen LogP contribution is 2.24. The predicted molar refractivity (Wildman–Crippen MR) is 75.5 cm³/mol. The molecule has 5 heteroatoms. The molecule has 0 bridgehead atoms. The van der Waals surface area contributed by atoms with Crippen LogP contribution in [0, 0.1) is 17.1 Å². The van der Waals surface area contributed by atoms with Crippen molar-refractivity contribution < 1.29 is 14.2 Å². The third kappa shape index (κ3) is 3.35. The molecule has 0 saturated heterocycles. The summed E-state index contributed by atoms with van der Waals surface area (Å²) in [5, 5.41) is 17.9. The monoisotopic (exact) mass is 335 g/mol. The maximum atomic E-state index is 13.7. The fraction of sp³-hybridized carbons (Fsp3) is 0.133. The molecule has 3 nitrogen and oxygen atoms in total. The van der Waals surface area contributed by atoms with Crippen LogP contribution in [0.15, 0.2) is 40.9 Å². The molecule has 0 atom stereocenters. The van der Waals surface area contributed by atoms with Crippen molar-refractivity contribution in [3.8, 4) is 11.8 Å². The number of hydrogen-bond acceptors (Lipinski definition) is 3. The number of hydrogen-bond donors (Lipinski definition) is 1. The van der Waals surface area contributed by atoms with Crippen molar-refractivity contribution in [1.29, 1.82) is 5.26 Å². The van der Waals surface area contributed by atoms with Gasteiger partial charge in [-0.05, 0) is 30.3 Å². The molecular formula is C15H11BrFNO2. The fourth-order valence-electron chi connectivity index (χ4n) is 1.70. The second kappa shape index (κ2) is 6.51. The molecular weight excluding hydrogens is 325 g/mol. The van der Waals surface area contributed by atoms with Crippen molar-refractivity contribution in [2.75, 3.05) is 0 Å². The number of benzene rings is 2. The van der Waals surface area contributed by atoms with Crippen LogP contribution in [0.1, 0.15) is 16.7 Å². The lowest BCUT2D eigenvalue weighted by Crippen LogP contribution is -2.01. The summed E-state index contributed by atoms with van der Waals surface area (Å²) >= 11 is 3.30.